The minimum atomic E-state index is 0. The van der Waals surface area contributed by atoms with Crippen LogP contribution in [0.15, 0.2) is 30.3 Å². The van der Waals surface area contributed by atoms with Crippen molar-refractivity contribution < 1.29 is 9.53 Å². The van der Waals surface area contributed by atoms with Crippen molar-refractivity contribution in [1.82, 2.24) is 4.90 Å². The van der Waals surface area contributed by atoms with Crippen molar-refractivity contribution in [2.24, 2.45) is 11.7 Å². The Bertz CT molecular complexity index is 442. The summed E-state index contributed by atoms with van der Waals surface area (Å²) >= 11 is 0. The maximum Gasteiger partial charge on any atom is 0.248 e. The van der Waals surface area contributed by atoms with Crippen molar-refractivity contribution in [1.29, 1.82) is 0 Å². The number of hydrogen-bond donors (Lipinski definition) is 1. The molecule has 5 heteroatoms. The van der Waals surface area contributed by atoms with E-state index in [9.17, 15) is 4.79 Å². The first-order valence-corrected chi connectivity index (χ1v) is 7.82. The first-order chi connectivity index (χ1) is 10.2. The molecule has 0 spiro atoms. The number of ether oxygens (including phenoxy) is 1. The fourth-order valence-corrected chi connectivity index (χ4v) is 2.88. The van der Waals surface area contributed by atoms with Crippen LogP contribution in [-0.2, 0) is 16.0 Å². The maximum absolute atomic E-state index is 12.2. The Morgan fingerprint density at radius 3 is 2.77 bits per heavy atom. The molecule has 2 atom stereocenters. The molecular weight excluding hydrogens is 300 g/mol. The fourth-order valence-electron chi connectivity index (χ4n) is 2.88. The van der Waals surface area contributed by atoms with E-state index in [0.717, 1.165) is 25.8 Å². The van der Waals surface area contributed by atoms with Crippen LogP contribution in [0.5, 0.6) is 0 Å². The Balaban J connectivity index is 0.00000242. The van der Waals surface area contributed by atoms with Crippen molar-refractivity contribution >= 4 is 18.3 Å². The van der Waals surface area contributed by atoms with E-state index in [1.165, 1.54) is 5.56 Å². The summed E-state index contributed by atoms with van der Waals surface area (Å²) in [4.78, 5) is 14.1. The summed E-state index contributed by atoms with van der Waals surface area (Å²) in [5, 5.41) is 0. The molecule has 22 heavy (non-hydrogen) atoms. The molecule has 1 saturated heterocycles. The average Bonchev–Trinajstić information content (AvgIpc) is 2.52. The fraction of sp³-hybridized carbons (Fsp3) is 0.588. The van der Waals surface area contributed by atoms with Gasteiger partial charge >= 0.3 is 0 Å². The molecule has 1 aromatic carbocycles. The van der Waals surface area contributed by atoms with Gasteiger partial charge in [0.05, 0.1) is 6.61 Å². The van der Waals surface area contributed by atoms with E-state index >= 15 is 0 Å². The highest BCUT2D eigenvalue weighted by Gasteiger charge is 2.28. The van der Waals surface area contributed by atoms with Gasteiger partial charge in [0.1, 0.15) is 6.61 Å². The number of nitrogens with zero attached hydrogens (tertiary/aromatic N) is 1. The normalized spacial score (nSPS) is 21.3. The Morgan fingerprint density at radius 2 is 2.09 bits per heavy atom. The summed E-state index contributed by atoms with van der Waals surface area (Å²) in [6.07, 6.45) is 2.91. The molecule has 1 aliphatic heterocycles. The van der Waals surface area contributed by atoms with E-state index in [1.54, 1.807) is 0 Å². The standard InChI is InChI=1S/C17H26N2O2.ClH/c1-14-7-9-19(16(11-14)12-18)17(20)13-21-10-8-15-5-3-2-4-6-15;/h2-6,14,16H,7-13,18H2,1H3;1H. The lowest BCUT2D eigenvalue weighted by atomic mass is 9.92. The molecular formula is C17H27ClN2O2. The van der Waals surface area contributed by atoms with Crippen LogP contribution in [0.3, 0.4) is 0 Å². The zero-order chi connectivity index (χ0) is 15.1. The third-order valence-electron chi connectivity index (χ3n) is 4.17. The molecule has 0 saturated carbocycles. The van der Waals surface area contributed by atoms with Gasteiger partial charge in [-0.2, -0.15) is 0 Å². The molecule has 2 N–H and O–H groups in total. The summed E-state index contributed by atoms with van der Waals surface area (Å²) in [5.41, 5.74) is 7.02. The minimum absolute atomic E-state index is 0. The van der Waals surface area contributed by atoms with Gasteiger partial charge < -0.3 is 15.4 Å². The molecule has 2 rings (SSSR count). The zero-order valence-electron chi connectivity index (χ0n) is 13.2. The zero-order valence-corrected chi connectivity index (χ0v) is 14.1. The third-order valence-corrected chi connectivity index (χ3v) is 4.17. The average molecular weight is 327 g/mol. The maximum atomic E-state index is 12.2. The van der Waals surface area contributed by atoms with Gasteiger partial charge in [-0.05, 0) is 30.7 Å². The molecule has 1 amide bonds. The van der Waals surface area contributed by atoms with Crippen LogP contribution in [0, 0.1) is 5.92 Å². The number of likely N-dealkylation sites (tertiary alicyclic amines) is 1. The molecule has 1 aliphatic rings. The van der Waals surface area contributed by atoms with Crippen molar-refractivity contribution in [3.8, 4) is 0 Å². The highest BCUT2D eigenvalue weighted by Crippen LogP contribution is 2.21. The number of amides is 1. The van der Waals surface area contributed by atoms with Crippen LogP contribution in [0.25, 0.3) is 0 Å². The smallest absolute Gasteiger partial charge is 0.248 e. The summed E-state index contributed by atoms with van der Waals surface area (Å²) in [6, 6.07) is 10.4. The number of piperidine rings is 1. The van der Waals surface area contributed by atoms with Gasteiger partial charge in [-0.25, -0.2) is 0 Å². The quantitative estimate of drug-likeness (QED) is 0.816. The van der Waals surface area contributed by atoms with Crippen molar-refractivity contribution in [2.75, 3.05) is 26.3 Å². The third kappa shape index (κ3) is 5.59. The van der Waals surface area contributed by atoms with Gasteiger partial charge in [-0.3, -0.25) is 4.79 Å². The van der Waals surface area contributed by atoms with Gasteiger partial charge in [0.15, 0.2) is 0 Å². The van der Waals surface area contributed by atoms with E-state index < -0.39 is 0 Å². The molecule has 1 aromatic rings. The molecule has 0 radical (unpaired) electrons. The first-order valence-electron chi connectivity index (χ1n) is 7.82. The Labute approximate surface area is 139 Å². The van der Waals surface area contributed by atoms with Gasteiger partial charge in [-0.15, -0.1) is 12.4 Å². The number of rotatable bonds is 6. The molecule has 1 fully saturated rings. The summed E-state index contributed by atoms with van der Waals surface area (Å²) in [5.74, 6) is 0.729. The number of nitrogens with two attached hydrogens (primary N) is 1. The molecule has 0 bridgehead atoms. The molecule has 4 nitrogen and oxygen atoms in total. The first kappa shape index (κ1) is 18.9. The number of hydrogen-bond acceptors (Lipinski definition) is 3. The van der Waals surface area contributed by atoms with E-state index in [4.69, 9.17) is 10.5 Å². The van der Waals surface area contributed by atoms with Crippen LogP contribution >= 0.6 is 12.4 Å². The van der Waals surface area contributed by atoms with Crippen molar-refractivity contribution in [3.05, 3.63) is 35.9 Å². The predicted octanol–water partition coefficient (Wildman–Crippen LogP) is 2.25. The van der Waals surface area contributed by atoms with Gasteiger partial charge in [0.25, 0.3) is 0 Å². The largest absolute Gasteiger partial charge is 0.371 e. The molecule has 0 aliphatic carbocycles. The van der Waals surface area contributed by atoms with Crippen molar-refractivity contribution in [3.63, 3.8) is 0 Å². The molecule has 0 aromatic heterocycles. The highest BCUT2D eigenvalue weighted by atomic mass is 35.5. The monoisotopic (exact) mass is 326 g/mol. The Hall–Kier alpha value is -1.10. The SMILES string of the molecule is CC1CCN(C(=O)COCCc2ccccc2)C(CN)C1.Cl. The van der Waals surface area contributed by atoms with Crippen LogP contribution < -0.4 is 5.73 Å². The van der Waals surface area contributed by atoms with E-state index in [0.29, 0.717) is 19.1 Å². The van der Waals surface area contributed by atoms with E-state index in [2.05, 4.69) is 19.1 Å². The van der Waals surface area contributed by atoms with E-state index in [-0.39, 0.29) is 31.0 Å². The minimum Gasteiger partial charge on any atom is -0.371 e. The topological polar surface area (TPSA) is 55.6 Å². The summed E-state index contributed by atoms with van der Waals surface area (Å²) in [6.45, 7) is 4.32. The van der Waals surface area contributed by atoms with Gasteiger partial charge in [0, 0.05) is 19.1 Å². The van der Waals surface area contributed by atoms with Crippen LogP contribution in [0.2, 0.25) is 0 Å². The van der Waals surface area contributed by atoms with Crippen LogP contribution in [0.4, 0.5) is 0 Å². The lowest BCUT2D eigenvalue weighted by molar-refractivity contribution is -0.140. The van der Waals surface area contributed by atoms with Gasteiger partial charge in [0.2, 0.25) is 5.91 Å². The molecule has 2 unspecified atom stereocenters. The van der Waals surface area contributed by atoms with Crippen LogP contribution in [0.1, 0.15) is 25.3 Å². The molecule has 124 valence electrons. The number of halogens is 1. The highest BCUT2D eigenvalue weighted by molar-refractivity contribution is 5.85. The Morgan fingerprint density at radius 1 is 1.36 bits per heavy atom. The lowest BCUT2D eigenvalue weighted by Gasteiger charge is -2.37. The number of benzene rings is 1. The lowest BCUT2D eigenvalue weighted by Crippen LogP contribution is -2.50. The van der Waals surface area contributed by atoms with Gasteiger partial charge in [-0.1, -0.05) is 37.3 Å². The second kappa shape index (κ2) is 9.82. The van der Waals surface area contributed by atoms with Crippen molar-refractivity contribution in [2.45, 2.75) is 32.2 Å². The second-order valence-corrected chi connectivity index (χ2v) is 5.89. The molecule has 1 heterocycles. The van der Waals surface area contributed by atoms with E-state index in [1.807, 2.05) is 23.1 Å². The second-order valence-electron chi connectivity index (χ2n) is 5.89. The summed E-state index contributed by atoms with van der Waals surface area (Å²) in [7, 11) is 0. The summed E-state index contributed by atoms with van der Waals surface area (Å²) < 4.78 is 5.54. The predicted molar refractivity (Wildman–Crippen MR) is 91.2 cm³/mol. The van der Waals surface area contributed by atoms with Crippen LogP contribution in [-0.4, -0.2) is 43.2 Å². The number of carbonyl (C=O) groups excluding carboxylic acids is 1. The number of carbonyl (C=O) groups is 1. The Kier molecular flexibility index (Phi) is 8.46.